The molecule has 0 bridgehead atoms. The Morgan fingerprint density at radius 1 is 1.39 bits per heavy atom. The first kappa shape index (κ1) is 14.6. The molecule has 100 valence electrons. The van der Waals surface area contributed by atoms with Crippen LogP contribution in [0.5, 0.6) is 5.75 Å². The lowest BCUT2D eigenvalue weighted by molar-refractivity contribution is -0.121. The lowest BCUT2D eigenvalue weighted by Crippen LogP contribution is -2.29. The van der Waals surface area contributed by atoms with E-state index < -0.39 is 0 Å². The maximum absolute atomic E-state index is 11.5. The molecule has 0 aromatic heterocycles. The van der Waals surface area contributed by atoms with Gasteiger partial charge in [-0.25, -0.2) is 0 Å². The van der Waals surface area contributed by atoms with Crippen molar-refractivity contribution in [3.05, 3.63) is 29.3 Å². The molecule has 3 nitrogen and oxygen atoms in total. The molecule has 3 heteroatoms. The summed E-state index contributed by atoms with van der Waals surface area (Å²) < 4.78 is 5.22. The van der Waals surface area contributed by atoms with Gasteiger partial charge in [0.2, 0.25) is 5.91 Å². The second-order valence-electron chi connectivity index (χ2n) is 4.88. The van der Waals surface area contributed by atoms with Gasteiger partial charge >= 0.3 is 0 Å². The van der Waals surface area contributed by atoms with Gasteiger partial charge in [0, 0.05) is 12.5 Å². The van der Waals surface area contributed by atoms with Crippen LogP contribution in [0.4, 0.5) is 0 Å². The summed E-state index contributed by atoms with van der Waals surface area (Å²) in [4.78, 5) is 11.5. The highest BCUT2D eigenvalue weighted by atomic mass is 16.5. The van der Waals surface area contributed by atoms with Gasteiger partial charge in [0.15, 0.2) is 0 Å². The van der Waals surface area contributed by atoms with Crippen molar-refractivity contribution in [3.63, 3.8) is 0 Å². The fraction of sp³-hybridized carbons (Fsp3) is 0.533. The molecule has 0 heterocycles. The number of benzene rings is 1. The lowest BCUT2D eigenvalue weighted by Gasteiger charge is -2.09. The normalized spacial score (nSPS) is 10.5. The number of carbonyl (C=O) groups is 1. The Morgan fingerprint density at radius 3 is 2.67 bits per heavy atom. The minimum atomic E-state index is 0.134. The molecule has 0 spiro atoms. The fourth-order valence-electron chi connectivity index (χ4n) is 1.94. The summed E-state index contributed by atoms with van der Waals surface area (Å²) in [6.07, 6.45) is 2.39. The zero-order valence-electron chi connectivity index (χ0n) is 11.7. The van der Waals surface area contributed by atoms with E-state index in [0.717, 1.165) is 24.2 Å². The van der Waals surface area contributed by atoms with Crippen molar-refractivity contribution in [2.45, 2.75) is 46.1 Å². The van der Waals surface area contributed by atoms with Crippen molar-refractivity contribution in [3.8, 4) is 5.75 Å². The molecule has 1 N–H and O–H groups in total. The minimum absolute atomic E-state index is 0.134. The monoisotopic (exact) mass is 249 g/mol. The molecule has 18 heavy (non-hydrogen) atoms. The minimum Gasteiger partial charge on any atom is -0.496 e. The number of aryl methyl sites for hydroxylation is 2. The highest BCUT2D eigenvalue weighted by Crippen LogP contribution is 2.19. The largest absolute Gasteiger partial charge is 0.496 e. The molecule has 0 radical (unpaired) electrons. The van der Waals surface area contributed by atoms with Crippen molar-refractivity contribution in [2.24, 2.45) is 0 Å². The lowest BCUT2D eigenvalue weighted by atomic mass is 10.0. The number of amides is 1. The predicted octanol–water partition coefficient (Wildman–Crippen LogP) is 2.85. The summed E-state index contributed by atoms with van der Waals surface area (Å²) in [6.45, 7) is 5.99. The number of nitrogens with one attached hydrogen (secondary N) is 1. The van der Waals surface area contributed by atoms with Gasteiger partial charge in [-0.2, -0.15) is 0 Å². The summed E-state index contributed by atoms with van der Waals surface area (Å²) >= 11 is 0. The third kappa shape index (κ3) is 4.78. The van der Waals surface area contributed by atoms with Crippen molar-refractivity contribution < 1.29 is 9.53 Å². The summed E-state index contributed by atoms with van der Waals surface area (Å²) in [5, 5.41) is 2.90. The van der Waals surface area contributed by atoms with E-state index >= 15 is 0 Å². The van der Waals surface area contributed by atoms with Crippen LogP contribution in [0, 0.1) is 6.92 Å². The highest BCUT2D eigenvalue weighted by Gasteiger charge is 2.04. The van der Waals surface area contributed by atoms with Crippen LogP contribution < -0.4 is 10.1 Å². The number of hydrogen-bond acceptors (Lipinski definition) is 2. The van der Waals surface area contributed by atoms with Gasteiger partial charge in [0.25, 0.3) is 0 Å². The molecule has 0 aliphatic heterocycles. The van der Waals surface area contributed by atoms with Crippen LogP contribution in [0.25, 0.3) is 0 Å². The smallest absolute Gasteiger partial charge is 0.220 e. The number of methoxy groups -OCH3 is 1. The zero-order chi connectivity index (χ0) is 13.5. The van der Waals surface area contributed by atoms with Crippen LogP contribution in [0.15, 0.2) is 18.2 Å². The van der Waals surface area contributed by atoms with Crippen LogP contribution in [0.3, 0.4) is 0 Å². The van der Waals surface area contributed by atoms with Gasteiger partial charge in [-0.1, -0.05) is 12.1 Å². The Labute approximate surface area is 110 Å². The molecule has 0 atom stereocenters. The molecule has 1 aromatic carbocycles. The predicted molar refractivity (Wildman–Crippen MR) is 73.9 cm³/mol. The van der Waals surface area contributed by atoms with Gasteiger partial charge in [-0.05, 0) is 50.8 Å². The summed E-state index contributed by atoms with van der Waals surface area (Å²) in [7, 11) is 1.68. The van der Waals surface area contributed by atoms with Crippen molar-refractivity contribution >= 4 is 5.91 Å². The van der Waals surface area contributed by atoms with Gasteiger partial charge in [-0.3, -0.25) is 4.79 Å². The van der Waals surface area contributed by atoms with E-state index in [-0.39, 0.29) is 11.9 Å². The Kier molecular flexibility index (Phi) is 5.69. The first-order valence-electron chi connectivity index (χ1n) is 6.46. The molecule has 0 aliphatic carbocycles. The van der Waals surface area contributed by atoms with Crippen molar-refractivity contribution in [1.82, 2.24) is 5.32 Å². The highest BCUT2D eigenvalue weighted by molar-refractivity contribution is 5.76. The van der Waals surface area contributed by atoms with E-state index in [1.165, 1.54) is 5.56 Å². The van der Waals surface area contributed by atoms with Crippen molar-refractivity contribution in [2.75, 3.05) is 7.11 Å². The SMILES string of the molecule is COc1ccc(CCCC(=O)NC(C)C)cc1C. The van der Waals surface area contributed by atoms with E-state index in [0.29, 0.717) is 6.42 Å². The van der Waals surface area contributed by atoms with Gasteiger partial charge in [0.1, 0.15) is 5.75 Å². The van der Waals surface area contributed by atoms with Crippen LogP contribution in [0.2, 0.25) is 0 Å². The van der Waals surface area contributed by atoms with Crippen LogP contribution in [-0.4, -0.2) is 19.1 Å². The molecule has 0 unspecified atom stereocenters. The number of hydrogen-bond donors (Lipinski definition) is 1. The quantitative estimate of drug-likeness (QED) is 0.842. The zero-order valence-corrected chi connectivity index (χ0v) is 11.7. The summed E-state index contributed by atoms with van der Waals surface area (Å²) in [5.74, 6) is 1.05. The van der Waals surface area contributed by atoms with Gasteiger partial charge < -0.3 is 10.1 Å². The molecule has 0 saturated carbocycles. The molecule has 0 aliphatic rings. The molecule has 1 rings (SSSR count). The molecular formula is C15H23NO2. The summed E-state index contributed by atoms with van der Waals surface area (Å²) in [5.41, 5.74) is 2.40. The topological polar surface area (TPSA) is 38.3 Å². The Bertz CT molecular complexity index is 399. The standard InChI is InChI=1S/C15H23NO2/c1-11(2)16-15(17)7-5-6-13-8-9-14(18-4)12(3)10-13/h8-11H,5-7H2,1-4H3,(H,16,17). The fourth-order valence-corrected chi connectivity index (χ4v) is 1.94. The Morgan fingerprint density at radius 2 is 2.11 bits per heavy atom. The number of ether oxygens (including phenoxy) is 1. The molecule has 1 aromatic rings. The van der Waals surface area contributed by atoms with Gasteiger partial charge in [-0.15, -0.1) is 0 Å². The van der Waals surface area contributed by atoms with E-state index in [2.05, 4.69) is 17.4 Å². The number of rotatable bonds is 6. The van der Waals surface area contributed by atoms with E-state index in [1.807, 2.05) is 26.8 Å². The average Bonchev–Trinajstić information content (AvgIpc) is 2.28. The maximum Gasteiger partial charge on any atom is 0.220 e. The molecule has 1 amide bonds. The maximum atomic E-state index is 11.5. The van der Waals surface area contributed by atoms with Crippen LogP contribution in [0.1, 0.15) is 37.8 Å². The molecule has 0 fully saturated rings. The third-order valence-corrected chi connectivity index (χ3v) is 2.78. The first-order valence-corrected chi connectivity index (χ1v) is 6.46. The Balaban J connectivity index is 2.40. The number of carbonyl (C=O) groups excluding carboxylic acids is 1. The van der Waals surface area contributed by atoms with Crippen molar-refractivity contribution in [1.29, 1.82) is 0 Å². The van der Waals surface area contributed by atoms with Crippen LogP contribution in [-0.2, 0) is 11.2 Å². The molecular weight excluding hydrogens is 226 g/mol. The second kappa shape index (κ2) is 7.04. The van der Waals surface area contributed by atoms with E-state index in [4.69, 9.17) is 4.74 Å². The Hall–Kier alpha value is -1.51. The summed E-state index contributed by atoms with van der Waals surface area (Å²) in [6, 6.07) is 6.39. The third-order valence-electron chi connectivity index (χ3n) is 2.78. The first-order chi connectivity index (χ1) is 8.52. The van der Waals surface area contributed by atoms with E-state index in [9.17, 15) is 4.79 Å². The average molecular weight is 249 g/mol. The molecule has 0 saturated heterocycles. The van der Waals surface area contributed by atoms with Crippen LogP contribution >= 0.6 is 0 Å². The van der Waals surface area contributed by atoms with E-state index in [1.54, 1.807) is 7.11 Å². The second-order valence-corrected chi connectivity index (χ2v) is 4.88. The van der Waals surface area contributed by atoms with Gasteiger partial charge in [0.05, 0.1) is 7.11 Å².